The Hall–Kier alpha value is -2.31. The molecule has 1 saturated heterocycles. The first-order chi connectivity index (χ1) is 11.6. The van der Waals surface area contributed by atoms with E-state index in [0.29, 0.717) is 26.3 Å². The topological polar surface area (TPSA) is 50.7 Å². The number of hydrogen-bond acceptors (Lipinski definition) is 4. The molecule has 4 nitrogen and oxygen atoms in total. The fraction of sp³-hybridized carbons (Fsp3) is 0.0588. The summed E-state index contributed by atoms with van der Waals surface area (Å²) in [6, 6.07) is 11.6. The minimum Gasteiger partial charge on any atom is -0.494 e. The molecule has 3 rings (SSSR count). The molecule has 0 bridgehead atoms. The lowest BCUT2D eigenvalue weighted by Gasteiger charge is -2.02. The molecule has 0 radical (unpaired) electrons. The van der Waals surface area contributed by atoms with Crippen molar-refractivity contribution in [2.75, 3.05) is 7.11 Å². The van der Waals surface area contributed by atoms with Gasteiger partial charge in [0.05, 0.1) is 22.7 Å². The van der Waals surface area contributed by atoms with Crippen molar-refractivity contribution in [2.24, 2.45) is 4.99 Å². The van der Waals surface area contributed by atoms with Gasteiger partial charge in [0.15, 0.2) is 16.7 Å². The van der Waals surface area contributed by atoms with E-state index in [1.165, 1.54) is 31.0 Å². The largest absolute Gasteiger partial charge is 0.494 e. The Balaban J connectivity index is 1.85. The van der Waals surface area contributed by atoms with E-state index in [1.54, 1.807) is 30.3 Å². The monoisotopic (exact) mass is 362 g/mol. The van der Waals surface area contributed by atoms with E-state index in [2.05, 4.69) is 10.3 Å². The Kier molecular flexibility index (Phi) is 4.87. The zero-order valence-electron chi connectivity index (χ0n) is 12.5. The number of rotatable bonds is 3. The van der Waals surface area contributed by atoms with Gasteiger partial charge < -0.3 is 10.1 Å². The highest BCUT2D eigenvalue weighted by Crippen LogP contribution is 2.31. The number of carbonyl (C=O) groups excluding carboxylic acids is 1. The molecule has 1 fully saturated rings. The highest BCUT2D eigenvalue weighted by Gasteiger charge is 2.24. The maximum Gasteiger partial charge on any atom is 0.264 e. The van der Waals surface area contributed by atoms with E-state index < -0.39 is 5.82 Å². The van der Waals surface area contributed by atoms with Crippen LogP contribution in [0.1, 0.15) is 5.56 Å². The van der Waals surface area contributed by atoms with E-state index in [1.807, 2.05) is 6.07 Å². The third kappa shape index (κ3) is 3.60. The Labute approximate surface area is 147 Å². The van der Waals surface area contributed by atoms with E-state index in [0.717, 1.165) is 0 Å². The van der Waals surface area contributed by atoms with E-state index in [-0.39, 0.29) is 11.7 Å². The van der Waals surface area contributed by atoms with Crippen molar-refractivity contribution in [2.45, 2.75) is 0 Å². The fourth-order valence-corrected chi connectivity index (χ4v) is 3.07. The van der Waals surface area contributed by atoms with Crippen molar-refractivity contribution in [3.63, 3.8) is 0 Å². The number of amidine groups is 1. The summed E-state index contributed by atoms with van der Waals surface area (Å²) in [5.74, 6) is -0.621. The van der Waals surface area contributed by atoms with Crippen LogP contribution in [0, 0.1) is 5.82 Å². The maximum atomic E-state index is 13.7. The SMILES string of the molecule is COc1ccc(C=C2SC(=Nc3ccccc3Cl)NC2=O)cc1F. The number of benzene rings is 2. The number of para-hydroxylation sites is 1. The summed E-state index contributed by atoms with van der Waals surface area (Å²) < 4.78 is 18.6. The highest BCUT2D eigenvalue weighted by molar-refractivity contribution is 8.18. The highest BCUT2D eigenvalue weighted by atomic mass is 35.5. The lowest BCUT2D eigenvalue weighted by molar-refractivity contribution is -0.115. The molecule has 0 aliphatic carbocycles. The van der Waals surface area contributed by atoms with Crippen molar-refractivity contribution in [1.29, 1.82) is 0 Å². The van der Waals surface area contributed by atoms with Gasteiger partial charge in [0.25, 0.3) is 5.91 Å². The predicted molar refractivity (Wildman–Crippen MR) is 95.2 cm³/mol. The molecule has 0 spiro atoms. The third-order valence-corrected chi connectivity index (χ3v) is 4.43. The van der Waals surface area contributed by atoms with Gasteiger partial charge in [0.1, 0.15) is 0 Å². The molecule has 122 valence electrons. The minimum absolute atomic E-state index is 0.154. The third-order valence-electron chi connectivity index (χ3n) is 3.20. The Bertz CT molecular complexity index is 867. The smallest absolute Gasteiger partial charge is 0.264 e. The number of thioether (sulfide) groups is 1. The molecule has 24 heavy (non-hydrogen) atoms. The van der Waals surface area contributed by atoms with Crippen LogP contribution in [-0.2, 0) is 4.79 Å². The zero-order chi connectivity index (χ0) is 17.1. The van der Waals surface area contributed by atoms with Crippen LogP contribution in [0.15, 0.2) is 52.4 Å². The first kappa shape index (κ1) is 16.5. The molecule has 1 amide bonds. The molecular weight excluding hydrogens is 351 g/mol. The van der Waals surface area contributed by atoms with Crippen molar-refractivity contribution in [3.8, 4) is 5.75 Å². The second-order valence-corrected chi connectivity index (χ2v) is 6.26. The number of ether oxygens (including phenoxy) is 1. The summed E-state index contributed by atoms with van der Waals surface area (Å²) in [5, 5.41) is 3.59. The zero-order valence-corrected chi connectivity index (χ0v) is 14.1. The van der Waals surface area contributed by atoms with E-state index in [9.17, 15) is 9.18 Å². The first-order valence-corrected chi connectivity index (χ1v) is 8.14. The number of halogens is 2. The molecule has 1 N–H and O–H groups in total. The standard InChI is InChI=1S/C17H12ClFN2O2S/c1-23-14-7-6-10(8-12(14)19)9-15-16(22)21-17(24-15)20-13-5-3-2-4-11(13)18/h2-9H,1H3,(H,20,21,22). The summed E-state index contributed by atoms with van der Waals surface area (Å²) in [6.45, 7) is 0. The lowest BCUT2D eigenvalue weighted by Crippen LogP contribution is -2.19. The number of carbonyl (C=O) groups is 1. The molecule has 7 heteroatoms. The summed E-state index contributed by atoms with van der Waals surface area (Å²) in [5.41, 5.74) is 1.13. The predicted octanol–water partition coefficient (Wildman–Crippen LogP) is 4.38. The molecule has 1 aliphatic rings. The van der Waals surface area contributed by atoms with Crippen LogP contribution < -0.4 is 10.1 Å². The summed E-state index contributed by atoms with van der Waals surface area (Å²) in [4.78, 5) is 16.8. The van der Waals surface area contributed by atoms with E-state index in [4.69, 9.17) is 16.3 Å². The molecule has 2 aromatic rings. The van der Waals surface area contributed by atoms with Crippen LogP contribution >= 0.6 is 23.4 Å². The number of aliphatic imine (C=N–C) groups is 1. The number of amides is 1. The van der Waals surface area contributed by atoms with Gasteiger partial charge in [0, 0.05) is 0 Å². The summed E-state index contributed by atoms with van der Waals surface area (Å²) >= 11 is 7.23. The number of methoxy groups -OCH3 is 1. The second-order valence-electron chi connectivity index (χ2n) is 4.83. The average molecular weight is 363 g/mol. The van der Waals surface area contributed by atoms with Gasteiger partial charge >= 0.3 is 0 Å². The number of nitrogens with one attached hydrogen (secondary N) is 1. The van der Waals surface area contributed by atoms with Crippen LogP contribution in [0.2, 0.25) is 5.02 Å². The summed E-state index contributed by atoms with van der Waals surface area (Å²) in [6.07, 6.45) is 1.59. The van der Waals surface area contributed by atoms with Crippen LogP contribution in [0.25, 0.3) is 6.08 Å². The Morgan fingerprint density at radius 2 is 2.08 bits per heavy atom. The van der Waals surface area contributed by atoms with Crippen molar-refractivity contribution >= 4 is 46.2 Å². The van der Waals surface area contributed by atoms with Gasteiger partial charge in [0.2, 0.25) is 0 Å². The van der Waals surface area contributed by atoms with Gasteiger partial charge in [-0.25, -0.2) is 9.38 Å². The maximum absolute atomic E-state index is 13.7. The van der Waals surface area contributed by atoms with Crippen LogP contribution in [0.5, 0.6) is 5.75 Å². The molecule has 1 aliphatic heterocycles. The summed E-state index contributed by atoms with van der Waals surface area (Å²) in [7, 11) is 1.40. The van der Waals surface area contributed by atoms with Gasteiger partial charge in [-0.3, -0.25) is 4.79 Å². The van der Waals surface area contributed by atoms with Gasteiger partial charge in [-0.05, 0) is 47.7 Å². The Morgan fingerprint density at radius 3 is 2.79 bits per heavy atom. The van der Waals surface area contributed by atoms with Crippen LogP contribution in [0.3, 0.4) is 0 Å². The van der Waals surface area contributed by atoms with Crippen LogP contribution in [0.4, 0.5) is 10.1 Å². The van der Waals surface area contributed by atoms with Gasteiger partial charge in [-0.1, -0.05) is 29.8 Å². The molecular formula is C17H12ClFN2O2S. The van der Waals surface area contributed by atoms with Crippen molar-refractivity contribution < 1.29 is 13.9 Å². The van der Waals surface area contributed by atoms with Crippen molar-refractivity contribution in [3.05, 3.63) is 63.8 Å². The quantitative estimate of drug-likeness (QED) is 0.824. The number of hydrogen-bond donors (Lipinski definition) is 1. The molecule has 0 aromatic heterocycles. The average Bonchev–Trinajstić information content (AvgIpc) is 2.89. The Morgan fingerprint density at radius 1 is 1.29 bits per heavy atom. The van der Waals surface area contributed by atoms with Crippen LogP contribution in [-0.4, -0.2) is 18.2 Å². The molecule has 2 aromatic carbocycles. The minimum atomic E-state index is -0.486. The normalized spacial score (nSPS) is 17.4. The molecule has 0 atom stereocenters. The lowest BCUT2D eigenvalue weighted by atomic mass is 10.2. The molecule has 1 heterocycles. The molecule has 0 saturated carbocycles. The van der Waals surface area contributed by atoms with Gasteiger partial charge in [-0.2, -0.15) is 0 Å². The first-order valence-electron chi connectivity index (χ1n) is 6.94. The second kappa shape index (κ2) is 7.07. The van der Waals surface area contributed by atoms with E-state index >= 15 is 0 Å². The van der Waals surface area contributed by atoms with Gasteiger partial charge in [-0.15, -0.1) is 0 Å². The molecule has 0 unspecified atom stereocenters. The van der Waals surface area contributed by atoms with Crippen molar-refractivity contribution in [1.82, 2.24) is 5.32 Å². The fourth-order valence-electron chi connectivity index (χ4n) is 2.06. The number of nitrogens with zero attached hydrogens (tertiary/aromatic N) is 1.